The molecule has 3 heteroatoms. The molecule has 0 amide bonds. The fourth-order valence-corrected chi connectivity index (χ4v) is 3.04. The lowest BCUT2D eigenvalue weighted by Gasteiger charge is -2.31. The number of ether oxygens (including phenoxy) is 2. The summed E-state index contributed by atoms with van der Waals surface area (Å²) in [5.41, 5.74) is 1.31. The Balaban J connectivity index is 2.11. The Morgan fingerprint density at radius 2 is 1.84 bits per heavy atom. The zero-order chi connectivity index (χ0) is 13.7. The van der Waals surface area contributed by atoms with Crippen molar-refractivity contribution < 1.29 is 14.3 Å². The molecule has 2 rings (SSSR count). The van der Waals surface area contributed by atoms with Gasteiger partial charge in [0.15, 0.2) is 0 Å². The Labute approximate surface area is 114 Å². The molecule has 19 heavy (non-hydrogen) atoms. The van der Waals surface area contributed by atoms with Crippen LogP contribution >= 0.6 is 0 Å². The molecular weight excluding hydrogens is 240 g/mol. The number of hydrogen-bond acceptors (Lipinski definition) is 3. The Kier molecular flexibility index (Phi) is 4.83. The molecule has 2 atom stereocenters. The van der Waals surface area contributed by atoms with Gasteiger partial charge in [-0.15, -0.1) is 0 Å². The second kappa shape index (κ2) is 6.60. The Hall–Kier alpha value is -1.51. The maximum Gasteiger partial charge on any atom is 0.305 e. The SMILES string of the molecule is COC(=O)CC1CCCCC1c1ccc(OC)cc1. The fraction of sp³-hybridized carbons (Fsp3) is 0.562. The summed E-state index contributed by atoms with van der Waals surface area (Å²) in [4.78, 5) is 11.5. The van der Waals surface area contributed by atoms with E-state index in [9.17, 15) is 4.79 Å². The third-order valence-electron chi connectivity index (χ3n) is 4.11. The van der Waals surface area contributed by atoms with Gasteiger partial charge >= 0.3 is 5.97 Å². The van der Waals surface area contributed by atoms with Crippen LogP contribution in [0.15, 0.2) is 24.3 Å². The van der Waals surface area contributed by atoms with Gasteiger partial charge in [0.25, 0.3) is 0 Å². The first-order chi connectivity index (χ1) is 9.24. The lowest BCUT2D eigenvalue weighted by Crippen LogP contribution is -2.21. The first-order valence-electron chi connectivity index (χ1n) is 6.95. The molecule has 0 bridgehead atoms. The smallest absolute Gasteiger partial charge is 0.305 e. The molecule has 1 saturated carbocycles. The normalized spacial score (nSPS) is 22.8. The summed E-state index contributed by atoms with van der Waals surface area (Å²) in [6, 6.07) is 8.25. The van der Waals surface area contributed by atoms with E-state index in [0.717, 1.165) is 18.6 Å². The van der Waals surface area contributed by atoms with E-state index in [-0.39, 0.29) is 5.97 Å². The van der Waals surface area contributed by atoms with E-state index in [4.69, 9.17) is 9.47 Å². The van der Waals surface area contributed by atoms with E-state index in [0.29, 0.717) is 18.3 Å². The number of methoxy groups -OCH3 is 2. The average molecular weight is 262 g/mol. The molecule has 0 aromatic heterocycles. The van der Waals surface area contributed by atoms with E-state index < -0.39 is 0 Å². The van der Waals surface area contributed by atoms with Gasteiger partial charge in [0.1, 0.15) is 5.75 Å². The van der Waals surface area contributed by atoms with Crippen molar-refractivity contribution in [3.63, 3.8) is 0 Å². The van der Waals surface area contributed by atoms with Crippen molar-refractivity contribution >= 4 is 5.97 Å². The molecule has 0 radical (unpaired) electrons. The topological polar surface area (TPSA) is 35.5 Å². The first kappa shape index (κ1) is 13.9. The molecule has 0 saturated heterocycles. The lowest BCUT2D eigenvalue weighted by atomic mass is 9.74. The van der Waals surface area contributed by atoms with Gasteiger partial charge in [-0.3, -0.25) is 4.79 Å². The maximum atomic E-state index is 11.5. The fourth-order valence-electron chi connectivity index (χ4n) is 3.04. The summed E-state index contributed by atoms with van der Waals surface area (Å²) in [7, 11) is 3.14. The summed E-state index contributed by atoms with van der Waals surface area (Å²) in [5.74, 6) is 1.67. The van der Waals surface area contributed by atoms with Crippen molar-refractivity contribution in [3.05, 3.63) is 29.8 Å². The highest BCUT2D eigenvalue weighted by Crippen LogP contribution is 2.40. The number of carbonyl (C=O) groups is 1. The number of esters is 1. The maximum absolute atomic E-state index is 11.5. The zero-order valence-corrected chi connectivity index (χ0v) is 11.7. The molecule has 1 fully saturated rings. The minimum atomic E-state index is -0.0922. The van der Waals surface area contributed by atoms with Crippen LogP contribution < -0.4 is 4.74 Å². The number of hydrogen-bond donors (Lipinski definition) is 0. The third-order valence-corrected chi connectivity index (χ3v) is 4.11. The second-order valence-electron chi connectivity index (χ2n) is 5.20. The monoisotopic (exact) mass is 262 g/mol. The quantitative estimate of drug-likeness (QED) is 0.779. The van der Waals surface area contributed by atoms with Crippen LogP contribution in [0.25, 0.3) is 0 Å². The predicted molar refractivity (Wildman–Crippen MR) is 74.3 cm³/mol. The van der Waals surface area contributed by atoms with E-state index in [1.54, 1.807) is 7.11 Å². The van der Waals surface area contributed by atoms with Crippen molar-refractivity contribution in [2.24, 2.45) is 5.92 Å². The standard InChI is InChI=1S/C16H22O3/c1-18-14-9-7-12(8-10-14)15-6-4-3-5-13(15)11-16(17)19-2/h7-10,13,15H,3-6,11H2,1-2H3. The van der Waals surface area contributed by atoms with Gasteiger partial charge in [-0.2, -0.15) is 0 Å². The first-order valence-corrected chi connectivity index (χ1v) is 6.95. The molecule has 104 valence electrons. The van der Waals surface area contributed by atoms with Crippen LogP contribution in [0.4, 0.5) is 0 Å². The second-order valence-corrected chi connectivity index (χ2v) is 5.20. The van der Waals surface area contributed by atoms with Crippen molar-refractivity contribution in [3.8, 4) is 5.75 Å². The van der Waals surface area contributed by atoms with Crippen LogP contribution in [-0.2, 0) is 9.53 Å². The molecule has 1 aromatic carbocycles. The Morgan fingerprint density at radius 1 is 1.16 bits per heavy atom. The molecule has 0 aliphatic heterocycles. The summed E-state index contributed by atoms with van der Waals surface area (Å²) in [6.45, 7) is 0. The Morgan fingerprint density at radius 3 is 2.47 bits per heavy atom. The third kappa shape index (κ3) is 3.49. The molecule has 1 aromatic rings. The molecule has 2 unspecified atom stereocenters. The van der Waals surface area contributed by atoms with Crippen molar-refractivity contribution in [1.82, 2.24) is 0 Å². The predicted octanol–water partition coefficient (Wildman–Crippen LogP) is 3.53. The summed E-state index contributed by atoms with van der Waals surface area (Å²) in [6.07, 6.45) is 5.27. The van der Waals surface area contributed by atoms with Gasteiger partial charge in [-0.25, -0.2) is 0 Å². The van der Waals surface area contributed by atoms with E-state index >= 15 is 0 Å². The van der Waals surface area contributed by atoms with Crippen LogP contribution in [-0.4, -0.2) is 20.2 Å². The summed E-state index contributed by atoms with van der Waals surface area (Å²) >= 11 is 0. The minimum Gasteiger partial charge on any atom is -0.497 e. The number of benzene rings is 1. The summed E-state index contributed by atoms with van der Waals surface area (Å²) < 4.78 is 10.0. The van der Waals surface area contributed by atoms with Gasteiger partial charge in [-0.05, 0) is 42.4 Å². The van der Waals surface area contributed by atoms with Crippen molar-refractivity contribution in [2.75, 3.05) is 14.2 Å². The van der Waals surface area contributed by atoms with Crippen LogP contribution in [0.1, 0.15) is 43.6 Å². The molecule has 3 nitrogen and oxygen atoms in total. The Bertz CT molecular complexity index is 411. The highest BCUT2D eigenvalue weighted by atomic mass is 16.5. The van der Waals surface area contributed by atoms with Gasteiger partial charge in [0, 0.05) is 6.42 Å². The van der Waals surface area contributed by atoms with Gasteiger partial charge in [0.05, 0.1) is 14.2 Å². The molecule has 0 heterocycles. The molecule has 1 aliphatic rings. The summed E-state index contributed by atoms with van der Waals surface area (Å²) in [5, 5.41) is 0. The molecule has 0 N–H and O–H groups in total. The zero-order valence-electron chi connectivity index (χ0n) is 11.7. The van der Waals surface area contributed by atoms with E-state index in [1.807, 2.05) is 12.1 Å². The number of carbonyl (C=O) groups excluding carboxylic acids is 1. The van der Waals surface area contributed by atoms with E-state index in [2.05, 4.69) is 12.1 Å². The minimum absolute atomic E-state index is 0.0922. The molecular formula is C16H22O3. The van der Waals surface area contributed by atoms with Crippen LogP contribution in [0, 0.1) is 5.92 Å². The van der Waals surface area contributed by atoms with Gasteiger partial charge in [-0.1, -0.05) is 25.0 Å². The van der Waals surface area contributed by atoms with Crippen molar-refractivity contribution in [2.45, 2.75) is 38.0 Å². The lowest BCUT2D eigenvalue weighted by molar-refractivity contribution is -0.142. The average Bonchev–Trinajstić information content (AvgIpc) is 2.48. The highest BCUT2D eigenvalue weighted by Gasteiger charge is 2.28. The van der Waals surface area contributed by atoms with Crippen molar-refractivity contribution in [1.29, 1.82) is 0 Å². The van der Waals surface area contributed by atoms with Crippen LogP contribution in [0.2, 0.25) is 0 Å². The number of rotatable bonds is 4. The van der Waals surface area contributed by atoms with Gasteiger partial charge in [0.2, 0.25) is 0 Å². The van der Waals surface area contributed by atoms with Gasteiger partial charge < -0.3 is 9.47 Å². The molecule has 1 aliphatic carbocycles. The van der Waals surface area contributed by atoms with Crippen LogP contribution in [0.5, 0.6) is 5.75 Å². The largest absolute Gasteiger partial charge is 0.497 e. The van der Waals surface area contributed by atoms with Crippen LogP contribution in [0.3, 0.4) is 0 Å². The molecule has 0 spiro atoms. The highest BCUT2D eigenvalue weighted by molar-refractivity contribution is 5.69. The van der Waals surface area contributed by atoms with E-state index in [1.165, 1.54) is 25.5 Å².